The molecule has 0 bridgehead atoms. The fraction of sp³-hybridized carbons (Fsp3) is 1.00. The quantitative estimate of drug-likeness (QED) is 0.231. The molecule has 0 N–H and O–H groups in total. The second-order valence-corrected chi connectivity index (χ2v) is 11.2. The van der Waals surface area contributed by atoms with Gasteiger partial charge in [0.15, 0.2) is 0 Å². The number of rotatable bonds is 11. The molecular formula is C15H17F17OS. The lowest BCUT2D eigenvalue weighted by Crippen LogP contribution is -2.74. The van der Waals surface area contributed by atoms with E-state index in [9.17, 15) is 74.6 Å². The molecule has 0 heterocycles. The number of hydrogen-bond acceptors (Lipinski definition) is 1. The van der Waals surface area contributed by atoms with Crippen molar-refractivity contribution < 1.29 is 78.8 Å². The fourth-order valence-electron chi connectivity index (χ4n) is 2.19. The van der Waals surface area contributed by atoms with Crippen LogP contribution in [0.2, 0.25) is 0 Å². The van der Waals surface area contributed by atoms with Crippen LogP contribution in [0, 0.1) is 0 Å². The van der Waals surface area contributed by atoms with E-state index in [0.29, 0.717) is 0 Å². The standard InChI is InChI=1S/C15H17F17OS/c1-7(34(3,4)33-2)5-6-8(16,17)9(18,19)10(20,21)11(22,23)12(24,25)13(26,27)14(28,29)15(30,31)32/h7H,5-6H2,1-4H3. The topological polar surface area (TPSA) is 9.23 Å². The van der Waals surface area contributed by atoms with Crippen LogP contribution in [0.25, 0.3) is 0 Å². The van der Waals surface area contributed by atoms with Crippen molar-refractivity contribution in [3.05, 3.63) is 0 Å². The van der Waals surface area contributed by atoms with Crippen molar-refractivity contribution in [3.63, 3.8) is 0 Å². The third-order valence-electron chi connectivity index (χ3n) is 5.05. The Labute approximate surface area is 182 Å². The molecule has 19 heteroatoms. The number of hydrogen-bond donors (Lipinski definition) is 0. The van der Waals surface area contributed by atoms with Gasteiger partial charge in [-0.2, -0.15) is 74.6 Å². The van der Waals surface area contributed by atoms with E-state index in [-0.39, 0.29) is 0 Å². The molecule has 0 fully saturated rings. The Morgan fingerprint density at radius 1 is 0.559 bits per heavy atom. The Bertz CT molecular complexity index is 712. The zero-order valence-corrected chi connectivity index (χ0v) is 18.0. The lowest BCUT2D eigenvalue weighted by atomic mass is 9.88. The molecule has 0 aromatic rings. The molecule has 1 nitrogen and oxygen atoms in total. The van der Waals surface area contributed by atoms with Gasteiger partial charge in [0, 0.05) is 18.8 Å². The zero-order chi connectivity index (χ0) is 28.2. The van der Waals surface area contributed by atoms with Crippen molar-refractivity contribution in [1.29, 1.82) is 0 Å². The van der Waals surface area contributed by atoms with E-state index < -0.39 is 76.0 Å². The predicted molar refractivity (Wildman–Crippen MR) is 85.8 cm³/mol. The normalized spacial score (nSPS) is 17.7. The van der Waals surface area contributed by atoms with Crippen molar-refractivity contribution in [1.82, 2.24) is 0 Å². The highest BCUT2D eigenvalue weighted by atomic mass is 32.3. The predicted octanol–water partition coefficient (Wildman–Crippen LogP) is 7.79. The lowest BCUT2D eigenvalue weighted by Gasteiger charge is -2.43. The average molecular weight is 568 g/mol. The van der Waals surface area contributed by atoms with Crippen LogP contribution in [-0.2, 0) is 4.18 Å². The summed E-state index contributed by atoms with van der Waals surface area (Å²) in [4.78, 5) is 0. The Balaban J connectivity index is 6.45. The second-order valence-electron chi connectivity index (χ2n) is 7.47. The highest BCUT2D eigenvalue weighted by Crippen LogP contribution is 2.64. The van der Waals surface area contributed by atoms with Gasteiger partial charge in [-0.3, -0.25) is 0 Å². The first-order chi connectivity index (χ1) is 14.4. The Morgan fingerprint density at radius 2 is 0.853 bits per heavy atom. The van der Waals surface area contributed by atoms with Gasteiger partial charge in [0.1, 0.15) is 0 Å². The van der Waals surface area contributed by atoms with Gasteiger partial charge >= 0.3 is 47.6 Å². The van der Waals surface area contributed by atoms with Gasteiger partial charge in [0.25, 0.3) is 0 Å². The van der Waals surface area contributed by atoms with Crippen molar-refractivity contribution in [2.45, 2.75) is 72.6 Å². The van der Waals surface area contributed by atoms with E-state index in [2.05, 4.69) is 0 Å². The largest absolute Gasteiger partial charge is 0.460 e. The van der Waals surface area contributed by atoms with Crippen LogP contribution >= 0.6 is 10.3 Å². The fourth-order valence-corrected chi connectivity index (χ4v) is 3.20. The SMILES string of the molecule is COS(C)(C)C(C)CCC(F)(F)C(F)(F)C(F)(F)C(F)(F)C(F)(F)C(F)(F)C(F)(F)C(F)(F)F. The Morgan fingerprint density at radius 3 is 1.15 bits per heavy atom. The summed E-state index contributed by atoms with van der Waals surface area (Å²) in [6, 6.07) is 0. The van der Waals surface area contributed by atoms with Gasteiger partial charge < -0.3 is 4.18 Å². The summed E-state index contributed by atoms with van der Waals surface area (Å²) in [5.41, 5.74) is 0. The highest BCUT2D eigenvalue weighted by molar-refractivity contribution is 8.29. The van der Waals surface area contributed by atoms with Crippen molar-refractivity contribution >= 4 is 10.3 Å². The van der Waals surface area contributed by atoms with Crippen LogP contribution in [0.3, 0.4) is 0 Å². The van der Waals surface area contributed by atoms with Crippen LogP contribution < -0.4 is 0 Å². The molecule has 0 saturated heterocycles. The summed E-state index contributed by atoms with van der Waals surface area (Å²) in [6.07, 6.45) is -8.86. The molecule has 34 heavy (non-hydrogen) atoms. The second kappa shape index (κ2) is 8.90. The molecule has 0 saturated carbocycles. The van der Waals surface area contributed by atoms with Crippen LogP contribution in [0.4, 0.5) is 74.6 Å². The van der Waals surface area contributed by atoms with Gasteiger partial charge in [-0.15, -0.1) is 10.3 Å². The third-order valence-corrected chi connectivity index (χ3v) is 8.08. The number of halogens is 17. The van der Waals surface area contributed by atoms with E-state index in [1.807, 2.05) is 0 Å². The smallest absolute Gasteiger partial charge is 0.340 e. The van der Waals surface area contributed by atoms with Crippen molar-refractivity contribution in [3.8, 4) is 0 Å². The zero-order valence-electron chi connectivity index (χ0n) is 17.2. The maximum atomic E-state index is 13.8. The summed E-state index contributed by atoms with van der Waals surface area (Å²) < 4.78 is 229. The molecule has 0 rings (SSSR count). The molecule has 0 aliphatic rings. The van der Waals surface area contributed by atoms with Gasteiger partial charge in [0.05, 0.1) is 0 Å². The van der Waals surface area contributed by atoms with Crippen molar-refractivity contribution in [2.24, 2.45) is 0 Å². The molecular weight excluding hydrogens is 551 g/mol. The minimum Gasteiger partial charge on any atom is -0.340 e. The molecule has 1 unspecified atom stereocenters. The summed E-state index contributed by atoms with van der Waals surface area (Å²) in [7, 11) is -1.29. The van der Waals surface area contributed by atoms with Gasteiger partial charge in [-0.25, -0.2) is 0 Å². The van der Waals surface area contributed by atoms with Crippen molar-refractivity contribution in [2.75, 3.05) is 19.6 Å². The maximum Gasteiger partial charge on any atom is 0.460 e. The molecule has 0 radical (unpaired) electrons. The molecule has 0 spiro atoms. The Kier molecular flexibility index (Phi) is 8.67. The lowest BCUT2D eigenvalue weighted by molar-refractivity contribution is -0.461. The average Bonchev–Trinajstić information content (AvgIpc) is 2.63. The van der Waals surface area contributed by atoms with Crippen LogP contribution in [0.5, 0.6) is 0 Å². The summed E-state index contributed by atoms with van der Waals surface area (Å²) in [5, 5.41) is -1.13. The molecule has 0 aromatic heterocycles. The van der Waals surface area contributed by atoms with E-state index in [4.69, 9.17) is 4.18 Å². The number of alkyl halides is 17. The molecule has 208 valence electrons. The summed E-state index contributed by atoms with van der Waals surface area (Å²) in [5.74, 6) is -56.0. The summed E-state index contributed by atoms with van der Waals surface area (Å²) >= 11 is 0. The third kappa shape index (κ3) is 4.75. The summed E-state index contributed by atoms with van der Waals surface area (Å²) in [6.45, 7) is 1.06. The first-order valence-electron chi connectivity index (χ1n) is 8.43. The first kappa shape index (κ1) is 33.1. The van der Waals surface area contributed by atoms with Gasteiger partial charge in [0.2, 0.25) is 0 Å². The molecule has 0 aromatic carbocycles. The van der Waals surface area contributed by atoms with Crippen LogP contribution in [-0.4, -0.2) is 72.5 Å². The minimum atomic E-state index is -8.60. The van der Waals surface area contributed by atoms with E-state index in [1.54, 1.807) is 0 Å². The minimum absolute atomic E-state index is 1.03. The van der Waals surface area contributed by atoms with Gasteiger partial charge in [-0.1, -0.05) is 6.92 Å². The monoisotopic (exact) mass is 568 g/mol. The van der Waals surface area contributed by atoms with E-state index >= 15 is 0 Å². The maximum absolute atomic E-state index is 13.8. The van der Waals surface area contributed by atoms with Crippen LogP contribution in [0.15, 0.2) is 0 Å². The highest BCUT2D eigenvalue weighted by Gasteiger charge is 2.95. The Hall–Kier alpha value is -0.880. The first-order valence-corrected chi connectivity index (χ1v) is 10.9. The molecule has 0 amide bonds. The molecule has 0 aliphatic carbocycles. The van der Waals surface area contributed by atoms with E-state index in [0.717, 1.165) is 14.0 Å². The molecule has 1 atom stereocenters. The van der Waals surface area contributed by atoms with Crippen LogP contribution in [0.1, 0.15) is 19.8 Å². The molecule has 0 aliphatic heterocycles. The van der Waals surface area contributed by atoms with Gasteiger partial charge in [-0.05, 0) is 18.9 Å². The van der Waals surface area contributed by atoms with E-state index in [1.165, 1.54) is 12.5 Å².